The van der Waals surface area contributed by atoms with Gasteiger partial charge in [0, 0.05) is 19.1 Å². The number of benzene rings is 1. The molecule has 0 aliphatic heterocycles. The molecule has 0 heterocycles. The number of alkyl halides is 3. The van der Waals surface area contributed by atoms with Gasteiger partial charge < -0.3 is 15.2 Å². The molecule has 0 aromatic heterocycles. The lowest BCUT2D eigenvalue weighted by molar-refractivity contribution is -0.136. The molecule has 3 nitrogen and oxygen atoms in total. The minimum atomic E-state index is -4.14. The van der Waals surface area contributed by atoms with E-state index < -0.39 is 18.6 Å². The summed E-state index contributed by atoms with van der Waals surface area (Å²) >= 11 is 0. The zero-order valence-electron chi connectivity index (χ0n) is 11.9. The fraction of sp³-hybridized carbons (Fsp3) is 0.600. The summed E-state index contributed by atoms with van der Waals surface area (Å²) in [6.07, 6.45) is -4.61. The number of ether oxygens (including phenoxy) is 2. The first kappa shape index (κ1) is 17.9. The largest absolute Gasteiger partial charge is 0.389 e. The van der Waals surface area contributed by atoms with Gasteiger partial charge in [0.15, 0.2) is 0 Å². The predicted molar refractivity (Wildman–Crippen MR) is 74.8 cm³/mol. The maximum Gasteiger partial charge on any atom is 0.389 e. The Hall–Kier alpha value is -1.11. The zero-order valence-corrected chi connectivity index (χ0v) is 11.9. The van der Waals surface area contributed by atoms with Gasteiger partial charge in [-0.3, -0.25) is 0 Å². The highest BCUT2D eigenvalue weighted by Gasteiger charge is 2.27. The van der Waals surface area contributed by atoms with Crippen LogP contribution >= 0.6 is 0 Å². The normalized spacial score (nSPS) is 13.3. The SMILES string of the molecule is NC(CCOCCOCc1ccccc1)CCC(F)(F)F. The van der Waals surface area contributed by atoms with Gasteiger partial charge in [0.05, 0.1) is 19.8 Å². The van der Waals surface area contributed by atoms with Crippen molar-refractivity contribution in [2.24, 2.45) is 5.73 Å². The Morgan fingerprint density at radius 3 is 2.29 bits per heavy atom. The molecule has 0 aliphatic rings. The molecule has 0 amide bonds. The molecule has 0 spiro atoms. The molecule has 0 saturated carbocycles. The lowest BCUT2D eigenvalue weighted by Gasteiger charge is -2.13. The molecule has 1 atom stereocenters. The maximum absolute atomic E-state index is 12.0. The summed E-state index contributed by atoms with van der Waals surface area (Å²) in [5, 5.41) is 0. The average molecular weight is 305 g/mol. The van der Waals surface area contributed by atoms with Crippen LogP contribution in [0.15, 0.2) is 30.3 Å². The molecule has 0 bridgehead atoms. The standard InChI is InChI=1S/C15H22F3NO2/c16-15(17,18)8-6-14(19)7-9-20-10-11-21-12-13-4-2-1-3-5-13/h1-5,14H,6-12,19H2. The van der Waals surface area contributed by atoms with E-state index in [4.69, 9.17) is 15.2 Å². The van der Waals surface area contributed by atoms with Crippen molar-refractivity contribution in [3.8, 4) is 0 Å². The van der Waals surface area contributed by atoms with Gasteiger partial charge in [0.1, 0.15) is 0 Å². The lowest BCUT2D eigenvalue weighted by atomic mass is 10.1. The lowest BCUT2D eigenvalue weighted by Crippen LogP contribution is -2.24. The Morgan fingerprint density at radius 2 is 1.62 bits per heavy atom. The van der Waals surface area contributed by atoms with E-state index in [1.54, 1.807) is 0 Å². The number of nitrogens with two attached hydrogens (primary N) is 1. The van der Waals surface area contributed by atoms with Crippen LogP contribution in [-0.4, -0.2) is 32.0 Å². The van der Waals surface area contributed by atoms with Crippen LogP contribution in [0.4, 0.5) is 13.2 Å². The summed E-state index contributed by atoms with van der Waals surface area (Å²) in [5.41, 5.74) is 6.68. The molecule has 0 saturated heterocycles. The minimum Gasteiger partial charge on any atom is -0.379 e. The van der Waals surface area contributed by atoms with Crippen molar-refractivity contribution >= 4 is 0 Å². The van der Waals surface area contributed by atoms with E-state index in [0.717, 1.165) is 5.56 Å². The summed E-state index contributed by atoms with van der Waals surface area (Å²) < 4.78 is 46.6. The van der Waals surface area contributed by atoms with Crippen molar-refractivity contribution < 1.29 is 22.6 Å². The van der Waals surface area contributed by atoms with Crippen molar-refractivity contribution in [1.29, 1.82) is 0 Å². The van der Waals surface area contributed by atoms with Gasteiger partial charge >= 0.3 is 6.18 Å². The van der Waals surface area contributed by atoms with Gasteiger partial charge in [-0.2, -0.15) is 13.2 Å². The molecule has 1 unspecified atom stereocenters. The Bertz CT molecular complexity index is 371. The van der Waals surface area contributed by atoms with Crippen LogP contribution in [0.3, 0.4) is 0 Å². The highest BCUT2D eigenvalue weighted by atomic mass is 19.4. The minimum absolute atomic E-state index is 0.0582. The molecule has 21 heavy (non-hydrogen) atoms. The van der Waals surface area contributed by atoms with Crippen LogP contribution in [0, 0.1) is 0 Å². The molecule has 1 aromatic rings. The average Bonchev–Trinajstić information content (AvgIpc) is 2.44. The first-order valence-electron chi connectivity index (χ1n) is 6.99. The van der Waals surface area contributed by atoms with Crippen LogP contribution < -0.4 is 5.73 Å². The molecule has 0 radical (unpaired) electrons. The smallest absolute Gasteiger partial charge is 0.379 e. The third-order valence-corrected chi connectivity index (χ3v) is 2.92. The first-order chi connectivity index (χ1) is 9.97. The third kappa shape index (κ3) is 10.3. The molecule has 1 rings (SSSR count). The summed E-state index contributed by atoms with van der Waals surface area (Å²) in [6, 6.07) is 9.29. The number of hydrogen-bond acceptors (Lipinski definition) is 3. The topological polar surface area (TPSA) is 44.5 Å². The van der Waals surface area contributed by atoms with Crippen LogP contribution in [0.1, 0.15) is 24.8 Å². The second-order valence-corrected chi connectivity index (χ2v) is 4.85. The second kappa shape index (κ2) is 9.76. The molecule has 2 N–H and O–H groups in total. The van der Waals surface area contributed by atoms with E-state index in [1.165, 1.54) is 0 Å². The maximum atomic E-state index is 12.0. The monoisotopic (exact) mass is 305 g/mol. The summed E-state index contributed by atoms with van der Waals surface area (Å²) in [7, 11) is 0. The Labute approximate surface area is 123 Å². The quantitative estimate of drug-likeness (QED) is 0.675. The van der Waals surface area contributed by atoms with E-state index in [1.807, 2.05) is 30.3 Å². The summed E-state index contributed by atoms with van der Waals surface area (Å²) in [6.45, 7) is 1.74. The highest BCUT2D eigenvalue weighted by molar-refractivity contribution is 5.13. The van der Waals surface area contributed by atoms with Gasteiger partial charge in [-0.25, -0.2) is 0 Å². The molecular formula is C15H22F3NO2. The molecular weight excluding hydrogens is 283 g/mol. The summed E-state index contributed by atoms with van der Waals surface area (Å²) in [5.74, 6) is 0. The first-order valence-corrected chi connectivity index (χ1v) is 6.99. The van der Waals surface area contributed by atoms with Crippen molar-refractivity contribution in [3.63, 3.8) is 0 Å². The van der Waals surface area contributed by atoms with Gasteiger partial charge in [-0.15, -0.1) is 0 Å². The molecule has 120 valence electrons. The number of hydrogen-bond donors (Lipinski definition) is 1. The molecule has 0 aliphatic carbocycles. The van der Waals surface area contributed by atoms with Gasteiger partial charge in [-0.05, 0) is 18.4 Å². The van der Waals surface area contributed by atoms with E-state index >= 15 is 0 Å². The fourth-order valence-corrected chi connectivity index (χ4v) is 1.71. The predicted octanol–water partition coefficient (Wildman–Crippen LogP) is 3.28. The molecule has 6 heteroatoms. The van der Waals surface area contributed by atoms with Crippen LogP contribution in [0.25, 0.3) is 0 Å². The molecule has 0 fully saturated rings. The van der Waals surface area contributed by atoms with Gasteiger partial charge in [0.2, 0.25) is 0 Å². The highest BCUT2D eigenvalue weighted by Crippen LogP contribution is 2.22. The van der Waals surface area contributed by atoms with Crippen LogP contribution in [-0.2, 0) is 16.1 Å². The Morgan fingerprint density at radius 1 is 0.952 bits per heavy atom. The number of halogens is 3. The Kier molecular flexibility index (Phi) is 8.34. The second-order valence-electron chi connectivity index (χ2n) is 4.85. The van der Waals surface area contributed by atoms with Crippen LogP contribution in [0.2, 0.25) is 0 Å². The molecule has 1 aromatic carbocycles. The van der Waals surface area contributed by atoms with E-state index in [9.17, 15) is 13.2 Å². The van der Waals surface area contributed by atoms with Crippen molar-refractivity contribution in [1.82, 2.24) is 0 Å². The summed E-state index contributed by atoms with van der Waals surface area (Å²) in [4.78, 5) is 0. The van der Waals surface area contributed by atoms with Gasteiger partial charge in [-0.1, -0.05) is 30.3 Å². The van der Waals surface area contributed by atoms with E-state index in [2.05, 4.69) is 0 Å². The Balaban J connectivity index is 1.92. The van der Waals surface area contributed by atoms with E-state index in [0.29, 0.717) is 32.8 Å². The zero-order chi connectivity index (χ0) is 15.6. The van der Waals surface area contributed by atoms with Crippen molar-refractivity contribution in [2.75, 3.05) is 19.8 Å². The van der Waals surface area contributed by atoms with Crippen LogP contribution in [0.5, 0.6) is 0 Å². The van der Waals surface area contributed by atoms with E-state index in [-0.39, 0.29) is 6.42 Å². The fourth-order valence-electron chi connectivity index (χ4n) is 1.71. The van der Waals surface area contributed by atoms with Crippen molar-refractivity contribution in [2.45, 2.75) is 38.1 Å². The number of rotatable bonds is 10. The third-order valence-electron chi connectivity index (χ3n) is 2.92. The van der Waals surface area contributed by atoms with Crippen molar-refractivity contribution in [3.05, 3.63) is 35.9 Å². The van der Waals surface area contributed by atoms with Gasteiger partial charge in [0.25, 0.3) is 0 Å².